The van der Waals surface area contributed by atoms with Crippen LogP contribution in [0, 0.1) is 6.92 Å². The highest BCUT2D eigenvalue weighted by Gasteiger charge is 2.08. The zero-order valence-electron chi connectivity index (χ0n) is 10.4. The molecule has 0 radical (unpaired) electrons. The summed E-state index contributed by atoms with van der Waals surface area (Å²) in [6.07, 6.45) is 5.74. The Morgan fingerprint density at radius 3 is 2.78 bits per heavy atom. The summed E-state index contributed by atoms with van der Waals surface area (Å²) in [5.41, 5.74) is 8.60. The van der Waals surface area contributed by atoms with Crippen molar-refractivity contribution >= 4 is 11.6 Å². The predicted octanol–water partition coefficient (Wildman–Crippen LogP) is 2.65. The molecule has 2 heterocycles. The standard InChI is InChI=1S/C13H17ClN4/c1-10-13(11-4-5-12(14)16-8-11)17-9-18(10)7-3-2-6-15/h4-5,8-9H,2-3,6-7,15H2,1H3. The van der Waals surface area contributed by atoms with E-state index in [9.17, 15) is 0 Å². The van der Waals surface area contributed by atoms with Gasteiger partial charge in [-0.1, -0.05) is 11.6 Å². The lowest BCUT2D eigenvalue weighted by Crippen LogP contribution is -2.03. The maximum Gasteiger partial charge on any atom is 0.129 e. The summed E-state index contributed by atoms with van der Waals surface area (Å²) >= 11 is 5.78. The minimum absolute atomic E-state index is 0.499. The fraction of sp³-hybridized carbons (Fsp3) is 0.385. The number of nitrogens with two attached hydrogens (primary N) is 1. The quantitative estimate of drug-likeness (QED) is 0.667. The van der Waals surface area contributed by atoms with Gasteiger partial charge in [-0.15, -0.1) is 0 Å². The number of aryl methyl sites for hydroxylation is 1. The number of hydrogen-bond acceptors (Lipinski definition) is 3. The van der Waals surface area contributed by atoms with E-state index >= 15 is 0 Å². The molecule has 0 amide bonds. The van der Waals surface area contributed by atoms with Gasteiger partial charge in [-0.2, -0.15) is 0 Å². The van der Waals surface area contributed by atoms with E-state index < -0.39 is 0 Å². The average molecular weight is 265 g/mol. The average Bonchev–Trinajstić information content (AvgIpc) is 2.73. The van der Waals surface area contributed by atoms with E-state index in [0.717, 1.165) is 42.9 Å². The SMILES string of the molecule is Cc1c(-c2ccc(Cl)nc2)ncn1CCCCN. The first-order valence-corrected chi connectivity index (χ1v) is 6.44. The normalized spacial score (nSPS) is 10.8. The molecule has 96 valence electrons. The van der Waals surface area contributed by atoms with Crippen molar-refractivity contribution in [3.05, 3.63) is 35.5 Å². The van der Waals surface area contributed by atoms with Crippen molar-refractivity contribution < 1.29 is 0 Å². The van der Waals surface area contributed by atoms with Crippen LogP contribution in [0.15, 0.2) is 24.7 Å². The van der Waals surface area contributed by atoms with Gasteiger partial charge >= 0.3 is 0 Å². The molecule has 5 heteroatoms. The molecule has 2 N–H and O–H groups in total. The molecule has 0 aliphatic rings. The highest BCUT2D eigenvalue weighted by Crippen LogP contribution is 2.22. The summed E-state index contributed by atoms with van der Waals surface area (Å²) in [4.78, 5) is 8.52. The number of pyridine rings is 1. The maximum atomic E-state index is 5.78. The van der Waals surface area contributed by atoms with Crippen LogP contribution >= 0.6 is 11.6 Å². The highest BCUT2D eigenvalue weighted by molar-refractivity contribution is 6.29. The van der Waals surface area contributed by atoms with Gasteiger partial charge in [-0.25, -0.2) is 9.97 Å². The summed E-state index contributed by atoms with van der Waals surface area (Å²) in [6, 6.07) is 3.72. The minimum Gasteiger partial charge on any atom is -0.334 e. The zero-order chi connectivity index (χ0) is 13.0. The Bertz CT molecular complexity index is 504. The van der Waals surface area contributed by atoms with Gasteiger partial charge in [-0.3, -0.25) is 0 Å². The van der Waals surface area contributed by atoms with Crippen LogP contribution in [0.5, 0.6) is 0 Å². The first-order valence-electron chi connectivity index (χ1n) is 6.06. The highest BCUT2D eigenvalue weighted by atomic mass is 35.5. The second kappa shape index (κ2) is 5.98. The predicted molar refractivity (Wildman–Crippen MR) is 73.5 cm³/mol. The van der Waals surface area contributed by atoms with E-state index in [1.807, 2.05) is 12.4 Å². The molecule has 0 saturated heterocycles. The van der Waals surface area contributed by atoms with Crippen molar-refractivity contribution in [2.45, 2.75) is 26.3 Å². The Labute approximate surface area is 112 Å². The van der Waals surface area contributed by atoms with Crippen molar-refractivity contribution in [3.8, 4) is 11.3 Å². The summed E-state index contributed by atoms with van der Waals surface area (Å²) in [7, 11) is 0. The van der Waals surface area contributed by atoms with Crippen LogP contribution in [0.1, 0.15) is 18.5 Å². The maximum absolute atomic E-state index is 5.78. The van der Waals surface area contributed by atoms with E-state index in [0.29, 0.717) is 5.15 Å². The Balaban J connectivity index is 2.17. The Hall–Kier alpha value is -1.39. The van der Waals surface area contributed by atoms with Crippen molar-refractivity contribution in [1.82, 2.24) is 14.5 Å². The molecule has 0 aromatic carbocycles. The molecule has 0 bridgehead atoms. The van der Waals surface area contributed by atoms with Gasteiger partial charge in [0.25, 0.3) is 0 Å². The molecule has 2 aromatic rings. The van der Waals surface area contributed by atoms with E-state index in [-0.39, 0.29) is 0 Å². The van der Waals surface area contributed by atoms with Crippen LogP contribution in [0.4, 0.5) is 0 Å². The van der Waals surface area contributed by atoms with Gasteiger partial charge < -0.3 is 10.3 Å². The smallest absolute Gasteiger partial charge is 0.129 e. The molecule has 0 fully saturated rings. The van der Waals surface area contributed by atoms with Crippen LogP contribution in [-0.4, -0.2) is 21.1 Å². The summed E-state index contributed by atoms with van der Waals surface area (Å²) < 4.78 is 2.15. The lowest BCUT2D eigenvalue weighted by atomic mass is 10.2. The van der Waals surface area contributed by atoms with E-state index in [1.54, 1.807) is 12.3 Å². The molecule has 0 spiro atoms. The van der Waals surface area contributed by atoms with E-state index in [2.05, 4.69) is 21.5 Å². The van der Waals surface area contributed by atoms with Crippen LogP contribution in [0.25, 0.3) is 11.3 Å². The Morgan fingerprint density at radius 2 is 2.11 bits per heavy atom. The molecule has 0 aliphatic carbocycles. The first kappa shape index (κ1) is 13.1. The number of rotatable bonds is 5. The van der Waals surface area contributed by atoms with Gasteiger partial charge in [0.05, 0.1) is 12.0 Å². The molecular formula is C13H17ClN4. The topological polar surface area (TPSA) is 56.7 Å². The second-order valence-corrected chi connectivity index (χ2v) is 4.62. The number of unbranched alkanes of at least 4 members (excludes halogenated alkanes) is 1. The van der Waals surface area contributed by atoms with Gasteiger partial charge in [0, 0.05) is 24.0 Å². The van der Waals surface area contributed by atoms with Crippen molar-refractivity contribution in [3.63, 3.8) is 0 Å². The minimum atomic E-state index is 0.499. The number of hydrogen-bond donors (Lipinski definition) is 1. The summed E-state index contributed by atoms with van der Waals surface area (Å²) in [6.45, 7) is 3.76. The Kier molecular flexibility index (Phi) is 4.33. The fourth-order valence-electron chi connectivity index (χ4n) is 1.89. The van der Waals surface area contributed by atoms with Crippen molar-refractivity contribution in [2.24, 2.45) is 5.73 Å². The number of aromatic nitrogens is 3. The number of halogens is 1. The number of imidazole rings is 1. The molecule has 0 aliphatic heterocycles. The molecule has 0 unspecified atom stereocenters. The van der Waals surface area contributed by atoms with Crippen molar-refractivity contribution in [1.29, 1.82) is 0 Å². The van der Waals surface area contributed by atoms with E-state index in [4.69, 9.17) is 17.3 Å². The van der Waals surface area contributed by atoms with Gasteiger partial charge in [-0.05, 0) is 38.4 Å². The van der Waals surface area contributed by atoms with E-state index in [1.165, 1.54) is 0 Å². The monoisotopic (exact) mass is 264 g/mol. The van der Waals surface area contributed by atoms with Crippen LogP contribution in [0.3, 0.4) is 0 Å². The summed E-state index contributed by atoms with van der Waals surface area (Å²) in [5, 5.41) is 0.499. The summed E-state index contributed by atoms with van der Waals surface area (Å²) in [5.74, 6) is 0. The van der Waals surface area contributed by atoms with Crippen LogP contribution in [-0.2, 0) is 6.54 Å². The molecule has 2 aromatic heterocycles. The zero-order valence-corrected chi connectivity index (χ0v) is 11.2. The fourth-order valence-corrected chi connectivity index (χ4v) is 2.01. The molecule has 4 nitrogen and oxygen atoms in total. The molecule has 0 atom stereocenters. The van der Waals surface area contributed by atoms with Gasteiger partial charge in [0.2, 0.25) is 0 Å². The third-order valence-electron chi connectivity index (χ3n) is 2.95. The molecule has 18 heavy (non-hydrogen) atoms. The third-order valence-corrected chi connectivity index (χ3v) is 3.18. The second-order valence-electron chi connectivity index (χ2n) is 4.24. The number of nitrogens with zero attached hydrogens (tertiary/aromatic N) is 3. The third kappa shape index (κ3) is 2.89. The van der Waals surface area contributed by atoms with Gasteiger partial charge in [0.15, 0.2) is 0 Å². The molecule has 2 rings (SSSR count). The molecule has 0 saturated carbocycles. The van der Waals surface area contributed by atoms with Gasteiger partial charge in [0.1, 0.15) is 5.15 Å². The lowest BCUT2D eigenvalue weighted by Gasteiger charge is -2.05. The lowest BCUT2D eigenvalue weighted by molar-refractivity contribution is 0.604. The molecular weight excluding hydrogens is 248 g/mol. The largest absolute Gasteiger partial charge is 0.334 e. The Morgan fingerprint density at radius 1 is 1.28 bits per heavy atom. The van der Waals surface area contributed by atoms with Crippen LogP contribution in [0.2, 0.25) is 5.15 Å². The first-order chi connectivity index (χ1) is 8.72. The van der Waals surface area contributed by atoms with Crippen molar-refractivity contribution in [2.75, 3.05) is 6.54 Å². The van der Waals surface area contributed by atoms with Crippen LogP contribution < -0.4 is 5.73 Å².